The molecule has 2 N–H and O–H groups in total. The first-order chi connectivity index (χ1) is 16.6. The Balaban J connectivity index is 1.48. The maximum absolute atomic E-state index is 13.2. The first kappa shape index (κ1) is 24.6. The Kier molecular flexibility index (Phi) is 7.00. The van der Waals surface area contributed by atoms with Gasteiger partial charge in [0.1, 0.15) is 5.75 Å². The summed E-state index contributed by atoms with van der Waals surface area (Å²) in [7, 11) is 0. The number of H-pyrrole nitrogens is 1. The van der Waals surface area contributed by atoms with E-state index in [2.05, 4.69) is 10.2 Å². The lowest BCUT2D eigenvalue weighted by atomic mass is 9.94. The second kappa shape index (κ2) is 9.97. The predicted octanol–water partition coefficient (Wildman–Crippen LogP) is 4.81. The number of alkyl halides is 3. The molecule has 0 aliphatic carbocycles. The normalized spacial score (nSPS) is 16.5. The van der Waals surface area contributed by atoms with Gasteiger partial charge in [0.25, 0.3) is 5.56 Å². The van der Waals surface area contributed by atoms with Crippen LogP contribution in [0, 0.1) is 6.92 Å². The molecule has 2 aromatic heterocycles. The minimum absolute atomic E-state index is 0.0489. The monoisotopic (exact) mass is 488 g/mol. The van der Waals surface area contributed by atoms with Crippen molar-refractivity contribution in [2.45, 2.75) is 57.8 Å². The average molecular weight is 489 g/mol. The molecule has 0 spiro atoms. The molecule has 3 aromatic rings. The number of nitrogens with one attached hydrogen (secondary N) is 1. The number of aromatic hydroxyl groups is 1. The molecule has 1 aliphatic rings. The lowest BCUT2D eigenvalue weighted by Crippen LogP contribution is -2.39. The highest BCUT2D eigenvalue weighted by molar-refractivity contribution is 5.77. The molecule has 4 rings (SSSR count). The van der Waals surface area contributed by atoms with Crippen LogP contribution in [-0.2, 0) is 17.5 Å². The van der Waals surface area contributed by atoms with Crippen molar-refractivity contribution in [3.05, 3.63) is 69.9 Å². The van der Waals surface area contributed by atoms with Gasteiger partial charge in [-0.05, 0) is 56.4 Å². The van der Waals surface area contributed by atoms with E-state index in [4.69, 9.17) is 0 Å². The van der Waals surface area contributed by atoms with Crippen LogP contribution in [0.3, 0.4) is 0 Å². The van der Waals surface area contributed by atoms with Crippen LogP contribution in [-0.4, -0.2) is 37.2 Å². The fraction of sp³-hybridized carbons (Fsp3) is 0.400. The van der Waals surface area contributed by atoms with Gasteiger partial charge in [-0.2, -0.15) is 18.3 Å². The van der Waals surface area contributed by atoms with E-state index in [9.17, 15) is 27.9 Å². The largest absolute Gasteiger partial charge is 0.508 e. The van der Waals surface area contributed by atoms with Crippen LogP contribution in [0.5, 0.6) is 5.75 Å². The standard InChI is InChI=1S/C25H27F3N4O3/c1-16-13-19(33)14-23(35)31(16)12-4-6-22(34)32-11-3-2-5-21(32)24-20(15-29-30-24)17-7-9-18(10-8-17)25(26,27)28/h7-10,13-15,21,33H,2-6,11-12H2,1H3,(H,29,30). The van der Waals surface area contributed by atoms with Gasteiger partial charge in [-0.15, -0.1) is 0 Å². The first-order valence-corrected chi connectivity index (χ1v) is 11.6. The second-order valence-corrected chi connectivity index (χ2v) is 8.82. The molecule has 0 radical (unpaired) electrons. The number of hydrogen-bond donors (Lipinski definition) is 2. The van der Waals surface area contributed by atoms with Crippen LogP contribution >= 0.6 is 0 Å². The number of pyridine rings is 1. The molecule has 7 nitrogen and oxygen atoms in total. The van der Waals surface area contributed by atoms with E-state index < -0.39 is 11.7 Å². The van der Waals surface area contributed by atoms with Crippen LogP contribution < -0.4 is 5.56 Å². The summed E-state index contributed by atoms with van der Waals surface area (Å²) < 4.78 is 40.4. The SMILES string of the molecule is Cc1cc(O)cc(=O)n1CCCC(=O)N1CCCCC1c1[nH]ncc1-c1ccc(C(F)(F)F)cc1. The van der Waals surface area contributed by atoms with E-state index in [1.165, 1.54) is 22.8 Å². The molecule has 10 heteroatoms. The third-order valence-corrected chi connectivity index (χ3v) is 6.44. The van der Waals surface area contributed by atoms with Gasteiger partial charge in [0.05, 0.1) is 23.5 Å². The number of hydrogen-bond acceptors (Lipinski definition) is 4. The zero-order valence-corrected chi connectivity index (χ0v) is 19.3. The Bertz CT molecular complexity index is 1250. The van der Waals surface area contributed by atoms with Crippen molar-refractivity contribution in [1.29, 1.82) is 0 Å². The van der Waals surface area contributed by atoms with Crippen molar-refractivity contribution in [3.63, 3.8) is 0 Å². The molecule has 1 amide bonds. The number of carbonyl (C=O) groups excluding carboxylic acids is 1. The Morgan fingerprint density at radius 2 is 1.94 bits per heavy atom. The van der Waals surface area contributed by atoms with E-state index in [0.29, 0.717) is 42.0 Å². The van der Waals surface area contributed by atoms with Crippen LogP contribution in [0.2, 0.25) is 0 Å². The summed E-state index contributed by atoms with van der Waals surface area (Å²) in [6, 6.07) is 7.33. The van der Waals surface area contributed by atoms with E-state index in [0.717, 1.165) is 37.5 Å². The van der Waals surface area contributed by atoms with Gasteiger partial charge in [-0.25, -0.2) is 0 Å². The topological polar surface area (TPSA) is 91.2 Å². The van der Waals surface area contributed by atoms with Gasteiger partial charge in [-0.1, -0.05) is 12.1 Å². The van der Waals surface area contributed by atoms with Crippen LogP contribution in [0.1, 0.15) is 55.1 Å². The molecule has 0 bridgehead atoms. The third kappa shape index (κ3) is 5.41. The number of amides is 1. The second-order valence-electron chi connectivity index (χ2n) is 8.82. The van der Waals surface area contributed by atoms with Crippen LogP contribution in [0.4, 0.5) is 13.2 Å². The predicted molar refractivity (Wildman–Crippen MR) is 124 cm³/mol. The smallest absolute Gasteiger partial charge is 0.416 e. The summed E-state index contributed by atoms with van der Waals surface area (Å²) in [5.74, 6) is -0.133. The zero-order valence-electron chi connectivity index (χ0n) is 19.3. The van der Waals surface area contributed by atoms with E-state index in [1.807, 2.05) is 0 Å². The number of aryl methyl sites for hydroxylation is 1. The zero-order chi connectivity index (χ0) is 25.2. The van der Waals surface area contributed by atoms with E-state index in [1.54, 1.807) is 18.0 Å². The minimum atomic E-state index is -4.41. The summed E-state index contributed by atoms with van der Waals surface area (Å²) in [6.07, 6.45) is 0.376. The summed E-state index contributed by atoms with van der Waals surface area (Å²) in [4.78, 5) is 27.1. The van der Waals surface area contributed by atoms with Crippen LogP contribution in [0.25, 0.3) is 11.1 Å². The Morgan fingerprint density at radius 1 is 1.20 bits per heavy atom. The molecule has 35 heavy (non-hydrogen) atoms. The molecule has 186 valence electrons. The number of piperidine rings is 1. The number of benzene rings is 1. The molecule has 1 aliphatic heterocycles. The molecule has 1 saturated heterocycles. The van der Waals surface area contributed by atoms with E-state index in [-0.39, 0.29) is 29.7 Å². The lowest BCUT2D eigenvalue weighted by molar-refractivity contribution is -0.137. The highest BCUT2D eigenvalue weighted by Gasteiger charge is 2.32. The number of carbonyl (C=O) groups is 1. The number of aromatic nitrogens is 3. The van der Waals surface area contributed by atoms with Gasteiger partial charge in [-0.3, -0.25) is 14.7 Å². The fourth-order valence-corrected chi connectivity index (χ4v) is 4.68. The first-order valence-electron chi connectivity index (χ1n) is 11.6. The van der Waals surface area contributed by atoms with Crippen molar-refractivity contribution < 1.29 is 23.1 Å². The summed E-state index contributed by atoms with van der Waals surface area (Å²) in [5, 5.41) is 16.6. The van der Waals surface area contributed by atoms with Gasteiger partial charge in [0, 0.05) is 36.8 Å². The maximum Gasteiger partial charge on any atom is 0.416 e. The molecule has 1 fully saturated rings. The molecule has 0 saturated carbocycles. The Morgan fingerprint density at radius 3 is 2.63 bits per heavy atom. The Labute approximate surface area is 200 Å². The molecular weight excluding hydrogens is 461 g/mol. The average Bonchev–Trinajstić information content (AvgIpc) is 3.30. The van der Waals surface area contributed by atoms with Crippen LogP contribution in [0.15, 0.2) is 47.4 Å². The number of nitrogens with zero attached hydrogens (tertiary/aromatic N) is 3. The minimum Gasteiger partial charge on any atom is -0.508 e. The summed E-state index contributed by atoms with van der Waals surface area (Å²) in [5.41, 5.74) is 1.57. The summed E-state index contributed by atoms with van der Waals surface area (Å²) in [6.45, 7) is 2.66. The molecule has 1 unspecified atom stereocenters. The number of halogens is 3. The van der Waals surface area contributed by atoms with Crippen molar-refractivity contribution in [3.8, 4) is 16.9 Å². The fourth-order valence-electron chi connectivity index (χ4n) is 4.68. The van der Waals surface area contributed by atoms with Crippen molar-refractivity contribution in [2.75, 3.05) is 6.54 Å². The van der Waals surface area contributed by atoms with E-state index >= 15 is 0 Å². The van der Waals surface area contributed by atoms with Gasteiger partial charge >= 0.3 is 6.18 Å². The number of likely N-dealkylation sites (tertiary alicyclic amines) is 1. The highest BCUT2D eigenvalue weighted by atomic mass is 19.4. The quantitative estimate of drug-likeness (QED) is 0.521. The highest BCUT2D eigenvalue weighted by Crippen LogP contribution is 2.37. The lowest BCUT2D eigenvalue weighted by Gasteiger charge is -2.36. The third-order valence-electron chi connectivity index (χ3n) is 6.44. The summed E-state index contributed by atoms with van der Waals surface area (Å²) >= 11 is 0. The maximum atomic E-state index is 13.2. The molecular formula is C25H27F3N4O3. The van der Waals surface area contributed by atoms with Gasteiger partial charge < -0.3 is 14.6 Å². The number of aromatic amines is 1. The molecule has 3 heterocycles. The number of rotatable bonds is 6. The molecule has 1 atom stereocenters. The van der Waals surface area contributed by atoms with Gasteiger partial charge in [0.15, 0.2) is 0 Å². The van der Waals surface area contributed by atoms with Gasteiger partial charge in [0.2, 0.25) is 5.91 Å². The van der Waals surface area contributed by atoms with Crippen molar-refractivity contribution in [1.82, 2.24) is 19.7 Å². The van der Waals surface area contributed by atoms with Crippen molar-refractivity contribution in [2.24, 2.45) is 0 Å². The van der Waals surface area contributed by atoms with Crippen molar-refractivity contribution >= 4 is 5.91 Å². The molecule has 1 aromatic carbocycles. The Hall–Kier alpha value is -3.56.